The Labute approximate surface area is 164 Å². The van der Waals surface area contributed by atoms with E-state index in [4.69, 9.17) is 14.2 Å². The Morgan fingerprint density at radius 1 is 0.964 bits per heavy atom. The zero-order valence-electron chi connectivity index (χ0n) is 16.5. The Kier molecular flexibility index (Phi) is 7.68. The van der Waals surface area contributed by atoms with Gasteiger partial charge in [-0.25, -0.2) is 4.79 Å². The molecule has 0 aromatic heterocycles. The number of benzene rings is 2. The minimum Gasteiger partial charge on any atom is -0.497 e. The largest absolute Gasteiger partial charge is 0.497 e. The summed E-state index contributed by atoms with van der Waals surface area (Å²) >= 11 is 0. The van der Waals surface area contributed by atoms with E-state index in [1.165, 1.54) is 20.3 Å². The fourth-order valence-electron chi connectivity index (χ4n) is 2.52. The summed E-state index contributed by atoms with van der Waals surface area (Å²) in [5.74, 6) is 0.789. The normalized spacial score (nSPS) is 11.3. The van der Waals surface area contributed by atoms with E-state index < -0.39 is 12.1 Å². The van der Waals surface area contributed by atoms with Crippen LogP contribution in [-0.2, 0) is 16.0 Å². The Balaban J connectivity index is 1.89. The molecule has 2 rings (SSSR count). The van der Waals surface area contributed by atoms with Crippen LogP contribution in [0.1, 0.15) is 22.8 Å². The van der Waals surface area contributed by atoms with E-state index in [0.717, 1.165) is 11.3 Å². The van der Waals surface area contributed by atoms with Gasteiger partial charge < -0.3 is 24.3 Å². The molecular weight excluding hydrogens is 362 g/mol. The predicted molar refractivity (Wildman–Crippen MR) is 104 cm³/mol. The van der Waals surface area contributed by atoms with Crippen LogP contribution in [0, 0.1) is 0 Å². The van der Waals surface area contributed by atoms with Crippen molar-refractivity contribution in [3.05, 3.63) is 53.6 Å². The summed E-state index contributed by atoms with van der Waals surface area (Å²) in [5, 5.41) is 2.85. The van der Waals surface area contributed by atoms with Crippen molar-refractivity contribution in [2.24, 2.45) is 0 Å². The van der Waals surface area contributed by atoms with Gasteiger partial charge in [-0.2, -0.15) is 0 Å². The maximum Gasteiger partial charge on any atom is 0.337 e. The molecule has 0 aliphatic carbocycles. The summed E-state index contributed by atoms with van der Waals surface area (Å²) in [6, 6.07) is 12.3. The molecule has 7 heteroatoms. The molecule has 150 valence electrons. The van der Waals surface area contributed by atoms with Gasteiger partial charge in [0.2, 0.25) is 0 Å². The Morgan fingerprint density at radius 3 is 2.29 bits per heavy atom. The molecule has 1 unspecified atom stereocenters. The second kappa shape index (κ2) is 10.2. The molecule has 0 heterocycles. The summed E-state index contributed by atoms with van der Waals surface area (Å²) in [7, 11) is 4.38. The summed E-state index contributed by atoms with van der Waals surface area (Å²) < 4.78 is 20.7. The van der Waals surface area contributed by atoms with Crippen molar-refractivity contribution in [3.63, 3.8) is 0 Å². The van der Waals surface area contributed by atoms with Crippen molar-refractivity contribution < 1.29 is 28.5 Å². The van der Waals surface area contributed by atoms with Crippen LogP contribution in [-0.4, -0.2) is 45.9 Å². The number of carbonyl (C=O) groups excluding carboxylic acids is 2. The van der Waals surface area contributed by atoms with Gasteiger partial charge in [0.1, 0.15) is 5.75 Å². The van der Waals surface area contributed by atoms with Crippen molar-refractivity contribution in [1.29, 1.82) is 0 Å². The molecular formula is C21H25NO6. The average molecular weight is 387 g/mol. The molecule has 1 N–H and O–H groups in total. The monoisotopic (exact) mass is 387 g/mol. The van der Waals surface area contributed by atoms with E-state index >= 15 is 0 Å². The molecule has 1 amide bonds. The van der Waals surface area contributed by atoms with Gasteiger partial charge in [-0.05, 0) is 49.2 Å². The number of amides is 1. The number of rotatable bonds is 9. The summed E-state index contributed by atoms with van der Waals surface area (Å²) in [6.07, 6.45) is -0.0340. The van der Waals surface area contributed by atoms with Crippen molar-refractivity contribution in [2.45, 2.75) is 19.4 Å². The highest BCUT2D eigenvalue weighted by atomic mass is 16.5. The number of esters is 1. The SMILES string of the molecule is COC(=O)c1ccc(OC(C)C(=O)NCCc2ccc(OC)cc2)c(OC)c1. The maximum absolute atomic E-state index is 12.3. The molecule has 1 atom stereocenters. The highest BCUT2D eigenvalue weighted by molar-refractivity contribution is 5.90. The smallest absolute Gasteiger partial charge is 0.337 e. The molecule has 0 radical (unpaired) electrons. The zero-order chi connectivity index (χ0) is 20.5. The van der Waals surface area contributed by atoms with E-state index in [1.807, 2.05) is 24.3 Å². The van der Waals surface area contributed by atoms with Crippen LogP contribution in [0.5, 0.6) is 17.2 Å². The van der Waals surface area contributed by atoms with Gasteiger partial charge in [0.25, 0.3) is 5.91 Å². The summed E-state index contributed by atoms with van der Waals surface area (Å²) in [6.45, 7) is 2.13. The molecule has 0 saturated heterocycles. The molecule has 2 aromatic carbocycles. The molecule has 2 aromatic rings. The van der Waals surface area contributed by atoms with Gasteiger partial charge in [-0.1, -0.05) is 12.1 Å². The number of methoxy groups -OCH3 is 3. The van der Waals surface area contributed by atoms with Gasteiger partial charge in [0, 0.05) is 6.54 Å². The fraction of sp³-hybridized carbons (Fsp3) is 0.333. The van der Waals surface area contributed by atoms with Crippen molar-refractivity contribution in [2.75, 3.05) is 27.9 Å². The first-order chi connectivity index (χ1) is 13.5. The van der Waals surface area contributed by atoms with Gasteiger partial charge in [-0.3, -0.25) is 4.79 Å². The fourth-order valence-corrected chi connectivity index (χ4v) is 2.52. The van der Waals surface area contributed by atoms with E-state index in [0.29, 0.717) is 30.0 Å². The number of nitrogens with one attached hydrogen (secondary N) is 1. The molecule has 0 spiro atoms. The minimum absolute atomic E-state index is 0.243. The minimum atomic E-state index is -0.728. The van der Waals surface area contributed by atoms with Crippen LogP contribution in [0.15, 0.2) is 42.5 Å². The number of hydrogen-bond acceptors (Lipinski definition) is 6. The molecule has 7 nitrogen and oxygen atoms in total. The van der Waals surface area contributed by atoms with Crippen LogP contribution >= 0.6 is 0 Å². The Hall–Kier alpha value is -3.22. The van der Waals surface area contributed by atoms with Crippen molar-refractivity contribution in [3.8, 4) is 17.2 Å². The quantitative estimate of drug-likeness (QED) is 0.666. The van der Waals surface area contributed by atoms with Gasteiger partial charge in [-0.15, -0.1) is 0 Å². The first-order valence-electron chi connectivity index (χ1n) is 8.82. The second-order valence-corrected chi connectivity index (χ2v) is 6.01. The lowest BCUT2D eigenvalue weighted by molar-refractivity contribution is -0.127. The predicted octanol–water partition coefficient (Wildman–Crippen LogP) is 2.62. The molecule has 0 bridgehead atoms. The highest BCUT2D eigenvalue weighted by Gasteiger charge is 2.18. The average Bonchev–Trinajstić information content (AvgIpc) is 2.73. The molecule has 28 heavy (non-hydrogen) atoms. The summed E-state index contributed by atoms with van der Waals surface area (Å²) in [5.41, 5.74) is 1.43. The lowest BCUT2D eigenvalue weighted by Gasteiger charge is -2.17. The van der Waals surface area contributed by atoms with E-state index in [1.54, 1.807) is 26.2 Å². The van der Waals surface area contributed by atoms with E-state index in [-0.39, 0.29) is 5.91 Å². The van der Waals surface area contributed by atoms with Crippen LogP contribution in [0.3, 0.4) is 0 Å². The Morgan fingerprint density at radius 2 is 1.68 bits per heavy atom. The molecule has 0 saturated carbocycles. The lowest BCUT2D eigenvalue weighted by Crippen LogP contribution is -2.37. The van der Waals surface area contributed by atoms with Crippen molar-refractivity contribution in [1.82, 2.24) is 5.32 Å². The molecule has 0 fully saturated rings. The van der Waals surface area contributed by atoms with Crippen LogP contribution in [0.4, 0.5) is 0 Å². The van der Waals surface area contributed by atoms with Gasteiger partial charge in [0.15, 0.2) is 17.6 Å². The van der Waals surface area contributed by atoms with E-state index in [9.17, 15) is 9.59 Å². The molecule has 0 aliphatic rings. The van der Waals surface area contributed by atoms with Crippen LogP contribution in [0.2, 0.25) is 0 Å². The Bertz CT molecular complexity index is 803. The summed E-state index contributed by atoms with van der Waals surface area (Å²) in [4.78, 5) is 23.9. The first kappa shape index (κ1) is 21.1. The molecule has 0 aliphatic heterocycles. The van der Waals surface area contributed by atoms with Crippen molar-refractivity contribution >= 4 is 11.9 Å². The maximum atomic E-state index is 12.3. The van der Waals surface area contributed by atoms with Gasteiger partial charge >= 0.3 is 5.97 Å². The highest BCUT2D eigenvalue weighted by Crippen LogP contribution is 2.29. The lowest BCUT2D eigenvalue weighted by atomic mass is 10.1. The number of hydrogen-bond donors (Lipinski definition) is 1. The van der Waals surface area contributed by atoms with Gasteiger partial charge in [0.05, 0.1) is 26.9 Å². The van der Waals surface area contributed by atoms with Crippen LogP contribution in [0.25, 0.3) is 0 Å². The zero-order valence-corrected chi connectivity index (χ0v) is 16.5. The van der Waals surface area contributed by atoms with Crippen LogP contribution < -0.4 is 19.5 Å². The second-order valence-electron chi connectivity index (χ2n) is 6.01. The first-order valence-corrected chi connectivity index (χ1v) is 8.82. The number of ether oxygens (including phenoxy) is 4. The topological polar surface area (TPSA) is 83.1 Å². The third kappa shape index (κ3) is 5.64. The standard InChI is InChI=1S/C21H25NO6/c1-14(20(23)22-12-11-15-5-8-17(25-2)9-6-15)28-18-10-7-16(21(24)27-4)13-19(18)26-3/h5-10,13-14H,11-12H2,1-4H3,(H,22,23). The third-order valence-electron chi connectivity index (χ3n) is 4.13. The number of carbonyl (C=O) groups is 2. The third-order valence-corrected chi connectivity index (χ3v) is 4.13. The van der Waals surface area contributed by atoms with E-state index in [2.05, 4.69) is 10.1 Å².